The van der Waals surface area contributed by atoms with Crippen LogP contribution in [0.4, 0.5) is 0 Å². The molecule has 3 rings (SSSR count). The quantitative estimate of drug-likeness (QED) is 0.489. The van der Waals surface area contributed by atoms with Crippen LogP contribution in [0.2, 0.25) is 4.34 Å². The van der Waals surface area contributed by atoms with Crippen LogP contribution in [0.15, 0.2) is 66.7 Å². The summed E-state index contributed by atoms with van der Waals surface area (Å²) in [5, 5.41) is 0. The molecule has 0 saturated carbocycles. The Bertz CT molecular complexity index is 974. The van der Waals surface area contributed by atoms with Crippen molar-refractivity contribution < 1.29 is 19.1 Å². The lowest BCUT2D eigenvalue weighted by atomic mass is 10.1. The number of hydrogen-bond donors (Lipinski definition) is 0. The summed E-state index contributed by atoms with van der Waals surface area (Å²) in [5.41, 5.74) is 1.87. The monoisotopic (exact) mass is 429 g/mol. The van der Waals surface area contributed by atoms with Gasteiger partial charge in [-0.2, -0.15) is 0 Å². The van der Waals surface area contributed by atoms with E-state index in [4.69, 9.17) is 21.1 Å². The molecule has 150 valence electrons. The summed E-state index contributed by atoms with van der Waals surface area (Å²) < 4.78 is 11.4. The minimum absolute atomic E-state index is 0.276. The number of esters is 1. The van der Waals surface area contributed by atoms with E-state index in [0.717, 1.165) is 16.0 Å². The number of nitrogens with zero attached hydrogens (tertiary/aromatic N) is 1. The molecule has 5 nitrogen and oxygen atoms in total. The number of ether oxygens (including phenoxy) is 2. The van der Waals surface area contributed by atoms with Gasteiger partial charge in [-0.05, 0) is 23.8 Å². The molecule has 2 aromatic carbocycles. The van der Waals surface area contributed by atoms with E-state index in [1.807, 2.05) is 54.6 Å². The third kappa shape index (κ3) is 6.07. The second-order valence-electron chi connectivity index (χ2n) is 6.27. The Balaban J connectivity index is 1.49. The summed E-state index contributed by atoms with van der Waals surface area (Å²) in [6.45, 7) is -0.200. The zero-order valence-electron chi connectivity index (χ0n) is 15.8. The van der Waals surface area contributed by atoms with Crippen molar-refractivity contribution in [3.63, 3.8) is 0 Å². The molecule has 0 unspecified atom stereocenters. The normalized spacial score (nSPS) is 10.4. The molecular formula is C22H20ClNO4S. The Kier molecular flexibility index (Phi) is 7.27. The van der Waals surface area contributed by atoms with Crippen molar-refractivity contribution >= 4 is 34.8 Å². The van der Waals surface area contributed by atoms with Gasteiger partial charge in [0.15, 0.2) is 13.2 Å². The molecule has 0 spiro atoms. The number of rotatable bonds is 8. The van der Waals surface area contributed by atoms with E-state index in [2.05, 4.69) is 0 Å². The van der Waals surface area contributed by atoms with E-state index in [0.29, 0.717) is 16.6 Å². The molecule has 0 aliphatic heterocycles. The van der Waals surface area contributed by atoms with Gasteiger partial charge in [0.2, 0.25) is 0 Å². The van der Waals surface area contributed by atoms with Crippen molar-refractivity contribution in [1.29, 1.82) is 0 Å². The SMILES string of the molecule is CN(Cc1ccc(Cl)s1)C(=O)COC(=O)COc1ccccc1-c1ccccc1. The largest absolute Gasteiger partial charge is 0.481 e. The van der Waals surface area contributed by atoms with Crippen LogP contribution >= 0.6 is 22.9 Å². The zero-order chi connectivity index (χ0) is 20.6. The van der Waals surface area contributed by atoms with Crippen molar-refractivity contribution in [2.45, 2.75) is 6.54 Å². The van der Waals surface area contributed by atoms with E-state index in [1.165, 1.54) is 16.2 Å². The molecule has 1 heterocycles. The number of amides is 1. The maximum atomic E-state index is 12.2. The van der Waals surface area contributed by atoms with Gasteiger partial charge in [0.25, 0.3) is 5.91 Å². The first-order valence-corrected chi connectivity index (χ1v) is 10.1. The van der Waals surface area contributed by atoms with Gasteiger partial charge in [-0.15, -0.1) is 11.3 Å². The van der Waals surface area contributed by atoms with E-state index >= 15 is 0 Å². The molecule has 3 aromatic rings. The van der Waals surface area contributed by atoms with Crippen LogP contribution < -0.4 is 4.74 Å². The zero-order valence-corrected chi connectivity index (χ0v) is 17.4. The van der Waals surface area contributed by atoms with Crippen LogP contribution in [-0.4, -0.2) is 37.0 Å². The van der Waals surface area contributed by atoms with Crippen molar-refractivity contribution in [2.75, 3.05) is 20.3 Å². The summed E-state index contributed by atoms with van der Waals surface area (Å²) in [6, 6.07) is 20.8. The topological polar surface area (TPSA) is 55.8 Å². The van der Waals surface area contributed by atoms with E-state index in [-0.39, 0.29) is 19.1 Å². The fourth-order valence-corrected chi connectivity index (χ4v) is 3.78. The van der Waals surface area contributed by atoms with Crippen molar-refractivity contribution in [1.82, 2.24) is 4.90 Å². The molecular weight excluding hydrogens is 410 g/mol. The second-order valence-corrected chi connectivity index (χ2v) is 8.07. The van der Waals surface area contributed by atoms with Gasteiger partial charge in [0, 0.05) is 17.5 Å². The van der Waals surface area contributed by atoms with Crippen molar-refractivity contribution in [2.24, 2.45) is 0 Å². The summed E-state index contributed by atoms with van der Waals surface area (Å²) in [5.74, 6) is -0.324. The number of para-hydroxylation sites is 1. The minimum Gasteiger partial charge on any atom is -0.481 e. The summed E-state index contributed by atoms with van der Waals surface area (Å²) in [6.07, 6.45) is 0. The molecule has 1 aromatic heterocycles. The number of thiophene rings is 1. The Hall–Kier alpha value is -2.83. The van der Waals surface area contributed by atoms with Crippen molar-refractivity contribution in [3.8, 4) is 16.9 Å². The van der Waals surface area contributed by atoms with Crippen LogP contribution in [-0.2, 0) is 20.9 Å². The van der Waals surface area contributed by atoms with Crippen LogP contribution in [0.5, 0.6) is 5.75 Å². The number of hydrogen-bond acceptors (Lipinski definition) is 5. The highest BCUT2D eigenvalue weighted by Crippen LogP contribution is 2.29. The maximum Gasteiger partial charge on any atom is 0.344 e. The predicted molar refractivity (Wildman–Crippen MR) is 114 cm³/mol. The van der Waals surface area contributed by atoms with Crippen molar-refractivity contribution in [3.05, 3.63) is 75.9 Å². The molecule has 0 aliphatic carbocycles. The fourth-order valence-electron chi connectivity index (χ4n) is 2.64. The summed E-state index contributed by atoms with van der Waals surface area (Å²) >= 11 is 7.30. The van der Waals surface area contributed by atoms with Gasteiger partial charge >= 0.3 is 5.97 Å². The Morgan fingerprint density at radius 3 is 2.41 bits per heavy atom. The number of halogens is 1. The molecule has 29 heavy (non-hydrogen) atoms. The summed E-state index contributed by atoms with van der Waals surface area (Å²) in [7, 11) is 1.65. The van der Waals surface area contributed by atoms with E-state index in [1.54, 1.807) is 19.2 Å². The molecule has 0 bridgehead atoms. The Morgan fingerprint density at radius 1 is 0.966 bits per heavy atom. The van der Waals surface area contributed by atoms with Gasteiger partial charge in [-0.25, -0.2) is 4.79 Å². The highest BCUT2D eigenvalue weighted by atomic mass is 35.5. The van der Waals surface area contributed by atoms with Gasteiger partial charge in [0.05, 0.1) is 10.9 Å². The third-order valence-corrected chi connectivity index (χ3v) is 5.34. The first kappa shape index (κ1) is 20.9. The Morgan fingerprint density at radius 2 is 1.69 bits per heavy atom. The van der Waals surface area contributed by atoms with Crippen LogP contribution in [0, 0.1) is 0 Å². The maximum absolute atomic E-state index is 12.2. The van der Waals surface area contributed by atoms with Gasteiger partial charge < -0.3 is 14.4 Å². The second kappa shape index (κ2) is 10.1. The molecule has 0 radical (unpaired) electrons. The number of carbonyl (C=O) groups excluding carboxylic acids is 2. The first-order chi connectivity index (χ1) is 14.0. The smallest absolute Gasteiger partial charge is 0.344 e. The van der Waals surface area contributed by atoms with Gasteiger partial charge in [-0.1, -0.05) is 60.1 Å². The highest BCUT2D eigenvalue weighted by molar-refractivity contribution is 7.16. The number of carbonyl (C=O) groups is 2. The predicted octanol–water partition coefficient (Wildman–Crippen LogP) is 4.65. The molecule has 1 amide bonds. The van der Waals surface area contributed by atoms with E-state index < -0.39 is 5.97 Å². The summed E-state index contributed by atoms with van der Waals surface area (Å²) in [4.78, 5) is 26.6. The van der Waals surface area contributed by atoms with Gasteiger partial charge in [-0.3, -0.25) is 4.79 Å². The van der Waals surface area contributed by atoms with E-state index in [9.17, 15) is 9.59 Å². The number of likely N-dealkylation sites (N-methyl/N-ethyl adjacent to an activating group) is 1. The lowest BCUT2D eigenvalue weighted by molar-refractivity contribution is -0.153. The minimum atomic E-state index is -0.603. The first-order valence-electron chi connectivity index (χ1n) is 8.94. The van der Waals surface area contributed by atoms with Crippen LogP contribution in [0.1, 0.15) is 4.88 Å². The molecule has 0 atom stereocenters. The average molecular weight is 430 g/mol. The lowest BCUT2D eigenvalue weighted by Crippen LogP contribution is -2.31. The molecule has 0 N–H and O–H groups in total. The van der Waals surface area contributed by atoms with Gasteiger partial charge in [0.1, 0.15) is 5.75 Å². The number of benzene rings is 2. The standard InChI is InChI=1S/C22H20ClNO4S/c1-24(13-17-11-12-20(23)29-17)21(25)14-28-22(26)15-27-19-10-6-5-9-18(19)16-7-3-2-4-8-16/h2-12H,13-15H2,1H3. The average Bonchev–Trinajstić information content (AvgIpc) is 3.15. The molecule has 7 heteroatoms. The van der Waals surface area contributed by atoms with Crippen LogP contribution in [0.3, 0.4) is 0 Å². The molecule has 0 saturated heterocycles. The lowest BCUT2D eigenvalue weighted by Gasteiger charge is -2.16. The molecule has 0 aliphatic rings. The third-order valence-electron chi connectivity index (χ3n) is 4.12. The van der Waals surface area contributed by atoms with Crippen LogP contribution in [0.25, 0.3) is 11.1 Å². The highest BCUT2D eigenvalue weighted by Gasteiger charge is 2.14. The molecule has 0 fully saturated rings. The Labute approximate surface area is 178 Å². The fraction of sp³-hybridized carbons (Fsp3) is 0.182.